The molecule has 4 nitrogen and oxygen atoms in total. The fourth-order valence-electron chi connectivity index (χ4n) is 3.73. The molecule has 0 amide bonds. The van der Waals surface area contributed by atoms with Gasteiger partial charge in [-0.2, -0.15) is 0 Å². The van der Waals surface area contributed by atoms with Gasteiger partial charge in [0.05, 0.1) is 11.1 Å². The molecule has 0 fully saturated rings. The molecule has 4 heteroatoms. The molecule has 166 valence electrons. The molecule has 32 heavy (non-hydrogen) atoms. The minimum absolute atomic E-state index is 0.0612. The van der Waals surface area contributed by atoms with Crippen molar-refractivity contribution in [3.8, 4) is 11.5 Å². The van der Waals surface area contributed by atoms with Crippen LogP contribution in [-0.4, -0.2) is 11.9 Å². The number of ether oxygens (including phenoxy) is 2. The Morgan fingerprint density at radius 2 is 1.19 bits per heavy atom. The molecule has 0 saturated heterocycles. The molecule has 0 aliphatic carbocycles. The third-order valence-corrected chi connectivity index (χ3v) is 5.37. The second-order valence-corrected chi connectivity index (χ2v) is 8.37. The largest absolute Gasteiger partial charge is 0.419 e. The first-order valence-corrected chi connectivity index (χ1v) is 11.1. The Morgan fingerprint density at radius 3 is 1.59 bits per heavy atom. The second kappa shape index (κ2) is 10.3. The highest BCUT2D eigenvalue weighted by Gasteiger charge is 2.27. The number of hydrogen-bond acceptors (Lipinski definition) is 4. The molecule has 0 bridgehead atoms. The maximum Gasteiger partial charge on any atom is 0.343 e. The van der Waals surface area contributed by atoms with Crippen molar-refractivity contribution >= 4 is 11.9 Å². The van der Waals surface area contributed by atoms with Crippen molar-refractivity contribution in [3.05, 3.63) is 94.5 Å². The Kier molecular flexibility index (Phi) is 7.47. The molecule has 0 saturated carbocycles. The molecule has 0 aliphatic rings. The zero-order valence-electron chi connectivity index (χ0n) is 19.3. The van der Waals surface area contributed by atoms with E-state index in [-0.39, 0.29) is 11.8 Å². The number of carbonyl (C=O) groups is 2. The molecule has 0 N–H and O–H groups in total. The Balaban J connectivity index is 2.17. The van der Waals surface area contributed by atoms with Crippen molar-refractivity contribution in [1.29, 1.82) is 0 Å². The average molecular weight is 431 g/mol. The lowest BCUT2D eigenvalue weighted by Crippen LogP contribution is -2.17. The van der Waals surface area contributed by atoms with Crippen LogP contribution in [0.2, 0.25) is 0 Å². The third-order valence-electron chi connectivity index (χ3n) is 5.37. The highest BCUT2D eigenvalue weighted by atomic mass is 16.6. The summed E-state index contributed by atoms with van der Waals surface area (Å²) in [7, 11) is 0. The van der Waals surface area contributed by atoms with E-state index in [2.05, 4.69) is 33.8 Å². The van der Waals surface area contributed by atoms with Crippen molar-refractivity contribution < 1.29 is 19.1 Å². The van der Waals surface area contributed by atoms with Gasteiger partial charge in [-0.1, -0.05) is 77.1 Å². The summed E-state index contributed by atoms with van der Waals surface area (Å²) in [5.41, 5.74) is 3.69. The minimum atomic E-state index is -0.482. The fourth-order valence-corrected chi connectivity index (χ4v) is 3.73. The summed E-state index contributed by atoms with van der Waals surface area (Å²) < 4.78 is 11.9. The van der Waals surface area contributed by atoms with E-state index in [0.29, 0.717) is 29.0 Å². The van der Waals surface area contributed by atoms with Crippen LogP contribution in [0.3, 0.4) is 0 Å². The van der Waals surface area contributed by atoms with Crippen LogP contribution in [0, 0.1) is 0 Å². The number of aryl methyl sites for hydroxylation is 1. The number of rotatable bonds is 7. The van der Waals surface area contributed by atoms with Crippen LogP contribution in [-0.2, 0) is 6.42 Å². The summed E-state index contributed by atoms with van der Waals surface area (Å²) >= 11 is 0. The van der Waals surface area contributed by atoms with Crippen LogP contribution in [0.4, 0.5) is 0 Å². The van der Waals surface area contributed by atoms with Crippen molar-refractivity contribution in [2.45, 2.75) is 52.9 Å². The first-order chi connectivity index (χ1) is 15.3. The van der Waals surface area contributed by atoms with Crippen molar-refractivity contribution in [2.24, 2.45) is 0 Å². The molecule has 3 rings (SSSR count). The van der Waals surface area contributed by atoms with E-state index < -0.39 is 11.9 Å². The molecule has 0 radical (unpaired) electrons. The molecule has 0 unspecified atom stereocenters. The lowest BCUT2D eigenvalue weighted by molar-refractivity contribution is 0.0679. The van der Waals surface area contributed by atoms with Gasteiger partial charge in [-0.05, 0) is 53.6 Å². The molecule has 3 aromatic carbocycles. The van der Waals surface area contributed by atoms with E-state index in [1.165, 1.54) is 0 Å². The fraction of sp³-hybridized carbons (Fsp3) is 0.286. The SMILES string of the molecule is CCc1cc(C(C)C)c(C(C)C)c(OC(=O)c2ccccc2)c1OC(=O)c1ccccc1. The van der Waals surface area contributed by atoms with E-state index in [9.17, 15) is 9.59 Å². The highest BCUT2D eigenvalue weighted by Crippen LogP contribution is 2.44. The predicted octanol–water partition coefficient (Wildman–Crippen LogP) is 6.93. The predicted molar refractivity (Wildman–Crippen MR) is 127 cm³/mol. The maximum atomic E-state index is 13.0. The monoisotopic (exact) mass is 430 g/mol. The van der Waals surface area contributed by atoms with Crippen LogP contribution in [0.25, 0.3) is 0 Å². The highest BCUT2D eigenvalue weighted by molar-refractivity contribution is 5.93. The topological polar surface area (TPSA) is 52.6 Å². The summed E-state index contributed by atoms with van der Waals surface area (Å²) in [6.07, 6.45) is 0.630. The summed E-state index contributed by atoms with van der Waals surface area (Å²) in [4.78, 5) is 25.9. The van der Waals surface area contributed by atoms with E-state index in [0.717, 1.165) is 16.7 Å². The summed E-state index contributed by atoms with van der Waals surface area (Å²) in [5.74, 6) is -0.0338. The normalized spacial score (nSPS) is 11.0. The Bertz CT molecular complexity index is 1080. The molecule has 0 heterocycles. The number of esters is 2. The van der Waals surface area contributed by atoms with Gasteiger partial charge in [-0.15, -0.1) is 0 Å². The molecular weight excluding hydrogens is 400 g/mol. The van der Waals surface area contributed by atoms with Gasteiger partial charge in [0.2, 0.25) is 0 Å². The van der Waals surface area contributed by atoms with Crippen molar-refractivity contribution in [3.63, 3.8) is 0 Å². The van der Waals surface area contributed by atoms with Crippen LogP contribution in [0.15, 0.2) is 66.7 Å². The summed E-state index contributed by atoms with van der Waals surface area (Å²) in [5, 5.41) is 0. The number of carbonyl (C=O) groups excluding carboxylic acids is 2. The van der Waals surface area contributed by atoms with Gasteiger partial charge in [0.1, 0.15) is 0 Å². The first kappa shape index (κ1) is 23.3. The molecule has 0 aromatic heterocycles. The van der Waals surface area contributed by atoms with E-state index in [4.69, 9.17) is 9.47 Å². The van der Waals surface area contributed by atoms with Gasteiger partial charge < -0.3 is 9.47 Å². The summed E-state index contributed by atoms with van der Waals surface area (Å²) in [6.45, 7) is 10.3. The maximum absolute atomic E-state index is 13.0. The van der Waals surface area contributed by atoms with Gasteiger partial charge >= 0.3 is 11.9 Å². The Morgan fingerprint density at radius 1 is 0.719 bits per heavy atom. The van der Waals surface area contributed by atoms with Gasteiger partial charge in [-0.3, -0.25) is 0 Å². The minimum Gasteiger partial charge on any atom is -0.419 e. The van der Waals surface area contributed by atoms with Gasteiger partial charge in [0.25, 0.3) is 0 Å². The van der Waals surface area contributed by atoms with Crippen molar-refractivity contribution in [2.75, 3.05) is 0 Å². The van der Waals surface area contributed by atoms with Gasteiger partial charge in [-0.25, -0.2) is 9.59 Å². The smallest absolute Gasteiger partial charge is 0.343 e. The van der Waals surface area contributed by atoms with Gasteiger partial charge in [0, 0.05) is 5.56 Å². The Hall–Kier alpha value is -3.40. The zero-order chi connectivity index (χ0) is 23.3. The van der Waals surface area contributed by atoms with Crippen LogP contribution in [0.1, 0.15) is 83.9 Å². The van der Waals surface area contributed by atoms with E-state index in [1.807, 2.05) is 19.1 Å². The molecular formula is C28H30O4. The third kappa shape index (κ3) is 5.08. The molecule has 0 spiro atoms. The second-order valence-electron chi connectivity index (χ2n) is 8.37. The summed E-state index contributed by atoms with van der Waals surface area (Å²) in [6, 6.07) is 19.7. The van der Waals surface area contributed by atoms with E-state index >= 15 is 0 Å². The number of benzene rings is 3. The first-order valence-electron chi connectivity index (χ1n) is 11.1. The van der Waals surface area contributed by atoms with Crippen LogP contribution in [0.5, 0.6) is 11.5 Å². The molecule has 3 aromatic rings. The number of hydrogen-bond donors (Lipinski definition) is 0. The lowest BCUT2D eigenvalue weighted by Gasteiger charge is -2.24. The van der Waals surface area contributed by atoms with Crippen LogP contribution >= 0.6 is 0 Å². The standard InChI is InChI=1S/C28H30O4/c1-6-20-17-23(18(2)3)24(19(4)5)26(32-28(30)22-15-11-8-12-16-22)25(20)31-27(29)21-13-9-7-10-14-21/h7-19H,6H2,1-5H3. The zero-order valence-corrected chi connectivity index (χ0v) is 19.3. The molecule has 0 aliphatic heterocycles. The van der Waals surface area contributed by atoms with Crippen LogP contribution < -0.4 is 9.47 Å². The lowest BCUT2D eigenvalue weighted by atomic mass is 9.87. The van der Waals surface area contributed by atoms with E-state index in [1.54, 1.807) is 48.5 Å². The van der Waals surface area contributed by atoms with Gasteiger partial charge in [0.15, 0.2) is 11.5 Å². The Labute approximate surface area is 190 Å². The average Bonchev–Trinajstić information content (AvgIpc) is 2.80. The molecule has 0 atom stereocenters. The quantitative estimate of drug-likeness (QED) is 0.301. The van der Waals surface area contributed by atoms with Crippen molar-refractivity contribution in [1.82, 2.24) is 0 Å².